The highest BCUT2D eigenvalue weighted by Gasteiger charge is 2.32. The third-order valence-electron chi connectivity index (χ3n) is 5.13. The van der Waals surface area contributed by atoms with Gasteiger partial charge in [0, 0.05) is 19.2 Å². The summed E-state index contributed by atoms with van der Waals surface area (Å²) in [4.78, 5) is 13.6. The zero-order valence-corrected chi connectivity index (χ0v) is 14.1. The molecule has 24 heavy (non-hydrogen) atoms. The molecule has 1 aromatic rings. The zero-order valence-electron chi connectivity index (χ0n) is 14.1. The lowest BCUT2D eigenvalue weighted by atomic mass is 9.78. The van der Waals surface area contributed by atoms with E-state index in [1.54, 1.807) is 12.0 Å². The third-order valence-corrected chi connectivity index (χ3v) is 5.13. The molecule has 0 N–H and O–H groups in total. The maximum absolute atomic E-state index is 12.0. The van der Waals surface area contributed by atoms with E-state index in [-0.39, 0.29) is 12.2 Å². The van der Waals surface area contributed by atoms with E-state index >= 15 is 0 Å². The summed E-state index contributed by atoms with van der Waals surface area (Å²) in [5.74, 6) is 1.14. The first-order chi connectivity index (χ1) is 11.7. The van der Waals surface area contributed by atoms with Crippen LogP contribution in [0.15, 0.2) is 24.3 Å². The second-order valence-electron chi connectivity index (χ2n) is 6.74. The smallest absolute Gasteiger partial charge is 0.414 e. The molecule has 1 saturated heterocycles. The minimum absolute atomic E-state index is 0.197. The molecule has 5 heteroatoms. The Morgan fingerprint density at radius 1 is 1.25 bits per heavy atom. The molecule has 1 atom stereocenters. The van der Waals surface area contributed by atoms with Gasteiger partial charge in [0.1, 0.15) is 6.10 Å². The van der Waals surface area contributed by atoms with Gasteiger partial charge in [0.25, 0.3) is 0 Å². The van der Waals surface area contributed by atoms with Crippen LogP contribution in [-0.4, -0.2) is 32.5 Å². The van der Waals surface area contributed by atoms with Crippen molar-refractivity contribution in [3.05, 3.63) is 29.8 Å². The number of methoxy groups -OCH3 is 1. The number of carbonyl (C=O) groups is 1. The van der Waals surface area contributed by atoms with E-state index in [1.165, 1.54) is 5.56 Å². The van der Waals surface area contributed by atoms with Crippen molar-refractivity contribution >= 4 is 11.8 Å². The summed E-state index contributed by atoms with van der Waals surface area (Å²) >= 11 is 0. The Balaban J connectivity index is 1.60. The summed E-state index contributed by atoms with van der Waals surface area (Å²) in [5.41, 5.74) is 2.20. The largest absolute Gasteiger partial charge is 0.441 e. The number of hydrogen-bond acceptors (Lipinski definition) is 4. The molecule has 2 aliphatic rings. The Morgan fingerprint density at radius 3 is 2.58 bits per heavy atom. The Morgan fingerprint density at radius 2 is 1.96 bits per heavy atom. The number of nitriles is 1. The molecule has 1 heterocycles. The highest BCUT2D eigenvalue weighted by molar-refractivity contribution is 5.89. The van der Waals surface area contributed by atoms with Crippen molar-refractivity contribution in [2.24, 2.45) is 5.92 Å². The minimum atomic E-state index is -0.304. The van der Waals surface area contributed by atoms with Crippen LogP contribution in [0.3, 0.4) is 0 Å². The van der Waals surface area contributed by atoms with Gasteiger partial charge in [0.2, 0.25) is 0 Å². The molecular weight excluding hydrogens is 304 g/mol. The van der Waals surface area contributed by atoms with E-state index in [1.807, 2.05) is 12.1 Å². The van der Waals surface area contributed by atoms with Crippen LogP contribution in [0.25, 0.3) is 0 Å². The van der Waals surface area contributed by atoms with Gasteiger partial charge in [-0.2, -0.15) is 5.26 Å². The summed E-state index contributed by atoms with van der Waals surface area (Å²) in [6.45, 7) is 0.956. The molecular formula is C19H24N2O3. The number of anilines is 1. The lowest BCUT2D eigenvalue weighted by Crippen LogP contribution is -2.25. The standard InChI is InChI=1S/C19H24N2O3/c1-23-13-18-12-21(19(22)24-18)17-8-6-16(7-9-17)15-4-2-14(3-5-15)10-11-20/h6-9,14-15,18H,2-5,10,12-13H2,1H3/t14?,15?,18-/m1/s1. The third kappa shape index (κ3) is 3.70. The molecule has 1 aliphatic carbocycles. The average molecular weight is 328 g/mol. The summed E-state index contributed by atoms with van der Waals surface area (Å²) in [6.07, 6.45) is 4.75. The zero-order chi connectivity index (χ0) is 16.9. The van der Waals surface area contributed by atoms with Crippen molar-refractivity contribution in [3.63, 3.8) is 0 Å². The number of cyclic esters (lactones) is 1. The molecule has 1 aromatic carbocycles. The van der Waals surface area contributed by atoms with Gasteiger partial charge in [-0.1, -0.05) is 12.1 Å². The van der Waals surface area contributed by atoms with Gasteiger partial charge in [0.05, 0.1) is 19.2 Å². The van der Waals surface area contributed by atoms with E-state index < -0.39 is 0 Å². The summed E-state index contributed by atoms with van der Waals surface area (Å²) in [6, 6.07) is 10.6. The Bertz CT molecular complexity index is 600. The Labute approximate surface area is 143 Å². The highest BCUT2D eigenvalue weighted by Crippen LogP contribution is 2.37. The number of rotatable bonds is 5. The summed E-state index contributed by atoms with van der Waals surface area (Å²) in [5, 5.41) is 8.81. The molecule has 0 radical (unpaired) electrons. The maximum atomic E-state index is 12.0. The molecule has 1 amide bonds. The van der Waals surface area contributed by atoms with Crippen LogP contribution < -0.4 is 4.90 Å². The van der Waals surface area contributed by atoms with E-state index in [4.69, 9.17) is 14.7 Å². The van der Waals surface area contributed by atoms with E-state index in [9.17, 15) is 4.79 Å². The lowest BCUT2D eigenvalue weighted by molar-refractivity contribution is 0.0718. The quantitative estimate of drug-likeness (QED) is 0.823. The van der Waals surface area contributed by atoms with Gasteiger partial charge in [-0.15, -0.1) is 0 Å². The fraction of sp³-hybridized carbons (Fsp3) is 0.579. The fourth-order valence-electron chi connectivity index (χ4n) is 3.76. The average Bonchev–Trinajstić information content (AvgIpc) is 2.97. The molecule has 5 nitrogen and oxygen atoms in total. The van der Waals surface area contributed by atoms with Crippen molar-refractivity contribution < 1.29 is 14.3 Å². The van der Waals surface area contributed by atoms with E-state index in [2.05, 4.69) is 18.2 Å². The van der Waals surface area contributed by atoms with Crippen molar-refractivity contribution in [1.29, 1.82) is 5.26 Å². The second-order valence-corrected chi connectivity index (χ2v) is 6.74. The maximum Gasteiger partial charge on any atom is 0.414 e. The number of carbonyl (C=O) groups excluding carboxylic acids is 1. The van der Waals surface area contributed by atoms with Crippen molar-refractivity contribution in [3.8, 4) is 6.07 Å². The molecule has 0 aromatic heterocycles. The van der Waals surface area contributed by atoms with Gasteiger partial charge in [-0.3, -0.25) is 4.90 Å². The van der Waals surface area contributed by atoms with E-state index in [0.29, 0.717) is 31.4 Å². The first-order valence-corrected chi connectivity index (χ1v) is 8.65. The van der Waals surface area contributed by atoms with Crippen LogP contribution in [0.5, 0.6) is 0 Å². The van der Waals surface area contributed by atoms with Gasteiger partial charge in [-0.05, 0) is 55.2 Å². The summed E-state index contributed by atoms with van der Waals surface area (Å²) < 4.78 is 10.3. The first kappa shape index (κ1) is 16.8. The fourth-order valence-corrected chi connectivity index (χ4v) is 3.76. The van der Waals surface area contributed by atoms with Crippen LogP contribution in [0, 0.1) is 17.2 Å². The topological polar surface area (TPSA) is 62.6 Å². The van der Waals surface area contributed by atoms with Gasteiger partial charge in [0.15, 0.2) is 0 Å². The molecule has 3 rings (SSSR count). The SMILES string of the molecule is COC[C@H]1CN(c2ccc(C3CCC(CC#N)CC3)cc2)C(=O)O1. The Kier molecular flexibility index (Phi) is 5.37. The molecule has 0 spiro atoms. The molecule has 128 valence electrons. The Hall–Kier alpha value is -2.06. The number of amides is 1. The molecule has 1 saturated carbocycles. The van der Waals surface area contributed by atoms with Crippen LogP contribution in [-0.2, 0) is 9.47 Å². The minimum Gasteiger partial charge on any atom is -0.441 e. The number of hydrogen-bond donors (Lipinski definition) is 0. The number of nitrogens with zero attached hydrogens (tertiary/aromatic N) is 2. The predicted octanol–water partition coefficient (Wildman–Crippen LogP) is 3.85. The van der Waals surface area contributed by atoms with Crippen molar-refractivity contribution in [1.82, 2.24) is 0 Å². The van der Waals surface area contributed by atoms with Gasteiger partial charge in [-0.25, -0.2) is 4.79 Å². The van der Waals surface area contributed by atoms with Gasteiger partial charge < -0.3 is 9.47 Å². The van der Waals surface area contributed by atoms with Gasteiger partial charge >= 0.3 is 6.09 Å². The van der Waals surface area contributed by atoms with E-state index in [0.717, 1.165) is 31.4 Å². The van der Waals surface area contributed by atoms with Crippen LogP contribution in [0.4, 0.5) is 10.5 Å². The normalized spacial score (nSPS) is 26.9. The van der Waals surface area contributed by atoms with Crippen molar-refractivity contribution in [2.45, 2.75) is 44.1 Å². The lowest BCUT2D eigenvalue weighted by Gasteiger charge is -2.27. The van der Waals surface area contributed by atoms with Crippen molar-refractivity contribution in [2.75, 3.05) is 25.2 Å². The first-order valence-electron chi connectivity index (χ1n) is 8.65. The predicted molar refractivity (Wildman–Crippen MR) is 90.9 cm³/mol. The second kappa shape index (κ2) is 7.67. The van der Waals surface area contributed by atoms with Crippen LogP contribution >= 0.6 is 0 Å². The monoisotopic (exact) mass is 328 g/mol. The highest BCUT2D eigenvalue weighted by atomic mass is 16.6. The molecule has 2 fully saturated rings. The number of ether oxygens (including phenoxy) is 2. The molecule has 0 unspecified atom stereocenters. The molecule has 0 bridgehead atoms. The van der Waals surface area contributed by atoms with Crippen LogP contribution in [0.1, 0.15) is 43.6 Å². The summed E-state index contributed by atoms with van der Waals surface area (Å²) in [7, 11) is 1.61. The number of benzene rings is 1. The van der Waals surface area contributed by atoms with Crippen LogP contribution in [0.2, 0.25) is 0 Å². The molecule has 1 aliphatic heterocycles.